The maximum absolute atomic E-state index is 12.0. The van der Waals surface area contributed by atoms with E-state index in [-0.39, 0.29) is 5.75 Å². The lowest BCUT2D eigenvalue weighted by molar-refractivity contribution is -0.113. The number of carbonyl (C=O) groups excluding carboxylic acids is 1. The smallest absolute Gasteiger partial charge is 0.239 e. The molecule has 5 nitrogen and oxygen atoms in total. The van der Waals surface area contributed by atoms with Crippen LogP contribution in [0.3, 0.4) is 0 Å². The van der Waals surface area contributed by atoms with Crippen LogP contribution < -0.4 is 5.32 Å². The van der Waals surface area contributed by atoms with Crippen LogP contribution in [-0.2, 0) is 20.4 Å². The van der Waals surface area contributed by atoms with Gasteiger partial charge in [0.25, 0.3) is 0 Å². The summed E-state index contributed by atoms with van der Waals surface area (Å²) in [5.74, 6) is -1.21. The van der Waals surface area contributed by atoms with Crippen molar-refractivity contribution in [1.82, 2.24) is 4.98 Å². The Kier molecular flexibility index (Phi) is 4.74. The van der Waals surface area contributed by atoms with E-state index >= 15 is 0 Å². The summed E-state index contributed by atoms with van der Waals surface area (Å²) in [5.41, 5.74) is 1.52. The second-order valence-electron chi connectivity index (χ2n) is 4.74. The number of hydrogen-bond donors (Lipinski definition) is 1. The SMILES string of the molecule is Cc1ncc(CS(=O)(=O)CC(=O)Nc2ccccc2C)s1. The third-order valence-electron chi connectivity index (χ3n) is 2.80. The van der Waals surface area contributed by atoms with Crippen molar-refractivity contribution in [2.75, 3.05) is 11.1 Å². The standard InChI is InChI=1S/C14H16N2O3S2/c1-10-5-3-4-6-13(10)16-14(17)9-21(18,19)8-12-7-15-11(2)20-12/h3-7H,8-9H2,1-2H3,(H,16,17). The van der Waals surface area contributed by atoms with Gasteiger partial charge in [-0.25, -0.2) is 13.4 Å². The quantitative estimate of drug-likeness (QED) is 0.915. The molecule has 0 unspecified atom stereocenters. The van der Waals surface area contributed by atoms with Gasteiger partial charge in [-0.3, -0.25) is 4.79 Å². The summed E-state index contributed by atoms with van der Waals surface area (Å²) in [6.45, 7) is 3.66. The average molecular weight is 324 g/mol. The van der Waals surface area contributed by atoms with Crippen LogP contribution in [-0.4, -0.2) is 25.1 Å². The number of carbonyl (C=O) groups is 1. The largest absolute Gasteiger partial charge is 0.325 e. The molecule has 2 aromatic rings. The minimum absolute atomic E-state index is 0.153. The molecule has 21 heavy (non-hydrogen) atoms. The molecule has 0 aliphatic heterocycles. The van der Waals surface area contributed by atoms with Crippen molar-refractivity contribution in [1.29, 1.82) is 0 Å². The topological polar surface area (TPSA) is 76.1 Å². The maximum atomic E-state index is 12.0. The Morgan fingerprint density at radius 1 is 1.29 bits per heavy atom. The van der Waals surface area contributed by atoms with Crippen LogP contribution >= 0.6 is 11.3 Å². The van der Waals surface area contributed by atoms with Gasteiger partial charge in [-0.1, -0.05) is 18.2 Å². The van der Waals surface area contributed by atoms with Crippen molar-refractivity contribution >= 4 is 32.8 Å². The minimum Gasteiger partial charge on any atom is -0.325 e. The van der Waals surface area contributed by atoms with Crippen molar-refractivity contribution in [2.24, 2.45) is 0 Å². The fraction of sp³-hybridized carbons (Fsp3) is 0.286. The first kappa shape index (κ1) is 15.7. The molecule has 0 aliphatic rings. The summed E-state index contributed by atoms with van der Waals surface area (Å²) >= 11 is 1.33. The summed E-state index contributed by atoms with van der Waals surface area (Å²) in [4.78, 5) is 16.5. The number of aryl methyl sites for hydroxylation is 2. The van der Waals surface area contributed by atoms with Crippen LogP contribution in [0.2, 0.25) is 0 Å². The molecule has 0 saturated carbocycles. The van der Waals surface area contributed by atoms with Gasteiger partial charge in [-0.2, -0.15) is 0 Å². The predicted octanol–water partition coefficient (Wildman–Crippen LogP) is 2.31. The van der Waals surface area contributed by atoms with Crippen LogP contribution in [0, 0.1) is 13.8 Å². The van der Waals surface area contributed by atoms with E-state index in [4.69, 9.17) is 0 Å². The number of para-hydroxylation sites is 1. The molecule has 1 amide bonds. The van der Waals surface area contributed by atoms with E-state index in [0.717, 1.165) is 10.6 Å². The summed E-state index contributed by atoms with van der Waals surface area (Å²) in [5, 5.41) is 3.44. The van der Waals surface area contributed by atoms with Gasteiger partial charge in [0.05, 0.1) is 10.8 Å². The summed E-state index contributed by atoms with van der Waals surface area (Å²) in [6.07, 6.45) is 1.54. The molecule has 1 heterocycles. The first-order chi connectivity index (χ1) is 9.85. The maximum Gasteiger partial charge on any atom is 0.239 e. The van der Waals surface area contributed by atoms with E-state index < -0.39 is 21.5 Å². The predicted molar refractivity (Wildman–Crippen MR) is 84.2 cm³/mol. The Balaban J connectivity index is 2.00. The normalized spacial score (nSPS) is 11.3. The zero-order valence-electron chi connectivity index (χ0n) is 11.8. The molecule has 1 aromatic carbocycles. The van der Waals surface area contributed by atoms with Crippen molar-refractivity contribution in [3.05, 3.63) is 45.9 Å². The number of aromatic nitrogens is 1. The first-order valence-electron chi connectivity index (χ1n) is 6.33. The van der Waals surface area contributed by atoms with E-state index in [1.54, 1.807) is 12.1 Å². The summed E-state index contributed by atoms with van der Waals surface area (Å²) in [7, 11) is -3.50. The van der Waals surface area contributed by atoms with Gasteiger partial charge in [0.15, 0.2) is 9.84 Å². The molecule has 112 valence electrons. The third kappa shape index (κ3) is 4.64. The van der Waals surface area contributed by atoms with Gasteiger partial charge in [0, 0.05) is 16.8 Å². The van der Waals surface area contributed by atoms with E-state index in [0.29, 0.717) is 10.6 Å². The number of nitrogens with zero attached hydrogens (tertiary/aromatic N) is 1. The molecule has 0 fully saturated rings. The van der Waals surface area contributed by atoms with Crippen LogP contribution in [0.4, 0.5) is 5.69 Å². The number of thiazole rings is 1. The second kappa shape index (κ2) is 6.36. The third-order valence-corrected chi connectivity index (χ3v) is 5.35. The summed E-state index contributed by atoms with van der Waals surface area (Å²) < 4.78 is 24.0. The molecule has 0 aliphatic carbocycles. The molecule has 0 spiro atoms. The number of anilines is 1. The molecule has 0 saturated heterocycles. The number of sulfone groups is 1. The lowest BCUT2D eigenvalue weighted by Gasteiger charge is -2.08. The fourth-order valence-electron chi connectivity index (χ4n) is 1.84. The zero-order valence-corrected chi connectivity index (χ0v) is 13.4. The number of nitrogens with one attached hydrogen (secondary N) is 1. The van der Waals surface area contributed by atoms with Crippen LogP contribution in [0.15, 0.2) is 30.5 Å². The Morgan fingerprint density at radius 2 is 2.00 bits per heavy atom. The van der Waals surface area contributed by atoms with E-state index in [2.05, 4.69) is 10.3 Å². The lowest BCUT2D eigenvalue weighted by atomic mass is 10.2. The van der Waals surface area contributed by atoms with Crippen LogP contribution in [0.1, 0.15) is 15.4 Å². The highest BCUT2D eigenvalue weighted by Gasteiger charge is 2.19. The van der Waals surface area contributed by atoms with Crippen molar-refractivity contribution in [3.8, 4) is 0 Å². The fourth-order valence-corrected chi connectivity index (χ4v) is 4.29. The van der Waals surface area contributed by atoms with Crippen LogP contribution in [0.25, 0.3) is 0 Å². The molecule has 7 heteroatoms. The molecule has 2 rings (SSSR count). The van der Waals surface area contributed by atoms with Crippen molar-refractivity contribution in [3.63, 3.8) is 0 Å². The molecule has 0 bridgehead atoms. The Hall–Kier alpha value is -1.73. The molecular weight excluding hydrogens is 308 g/mol. The van der Waals surface area contributed by atoms with Crippen molar-refractivity contribution < 1.29 is 13.2 Å². The van der Waals surface area contributed by atoms with Gasteiger partial charge >= 0.3 is 0 Å². The van der Waals surface area contributed by atoms with Gasteiger partial charge in [-0.15, -0.1) is 11.3 Å². The Labute approximate surface area is 128 Å². The minimum atomic E-state index is -3.50. The van der Waals surface area contributed by atoms with Gasteiger partial charge in [0.1, 0.15) is 5.75 Å². The van der Waals surface area contributed by atoms with Gasteiger partial charge in [-0.05, 0) is 25.5 Å². The van der Waals surface area contributed by atoms with Gasteiger partial charge < -0.3 is 5.32 Å². The molecular formula is C14H16N2O3S2. The molecule has 1 N–H and O–H groups in total. The zero-order chi connectivity index (χ0) is 15.5. The van der Waals surface area contributed by atoms with Crippen LogP contribution in [0.5, 0.6) is 0 Å². The molecule has 0 atom stereocenters. The Morgan fingerprint density at radius 3 is 2.62 bits per heavy atom. The Bertz CT molecular complexity index is 751. The van der Waals surface area contributed by atoms with Crippen molar-refractivity contribution in [2.45, 2.75) is 19.6 Å². The van der Waals surface area contributed by atoms with Gasteiger partial charge in [0.2, 0.25) is 5.91 Å². The average Bonchev–Trinajstić information content (AvgIpc) is 2.76. The highest BCUT2D eigenvalue weighted by atomic mass is 32.2. The van der Waals surface area contributed by atoms with E-state index in [9.17, 15) is 13.2 Å². The number of rotatable bonds is 5. The lowest BCUT2D eigenvalue weighted by Crippen LogP contribution is -2.24. The van der Waals surface area contributed by atoms with E-state index in [1.807, 2.05) is 26.0 Å². The second-order valence-corrected chi connectivity index (χ2v) is 8.12. The highest BCUT2D eigenvalue weighted by Crippen LogP contribution is 2.16. The monoisotopic (exact) mass is 324 g/mol. The number of hydrogen-bond acceptors (Lipinski definition) is 5. The molecule has 1 aromatic heterocycles. The summed E-state index contributed by atoms with van der Waals surface area (Å²) in [6, 6.07) is 7.24. The number of benzene rings is 1. The highest BCUT2D eigenvalue weighted by molar-refractivity contribution is 7.91. The number of amides is 1. The van der Waals surface area contributed by atoms with E-state index in [1.165, 1.54) is 17.5 Å². The molecule has 0 radical (unpaired) electrons. The first-order valence-corrected chi connectivity index (χ1v) is 8.97.